The molecule has 0 unspecified atom stereocenters. The average Bonchev–Trinajstić information content (AvgIpc) is 2.16. The maximum Gasteiger partial charge on any atom is 0.407 e. The first-order valence-corrected chi connectivity index (χ1v) is 3.67. The van der Waals surface area contributed by atoms with Gasteiger partial charge in [-0.15, -0.1) is 0 Å². The van der Waals surface area contributed by atoms with Crippen LogP contribution in [0.5, 0.6) is 0 Å². The Hall–Kier alpha value is -1.48. The summed E-state index contributed by atoms with van der Waals surface area (Å²) < 4.78 is 1.48. The van der Waals surface area contributed by atoms with Crippen molar-refractivity contribution in [2.24, 2.45) is 0 Å². The third-order valence-electron chi connectivity index (χ3n) is 1.78. The minimum atomic E-state index is -1.04. The molecule has 0 aliphatic rings. The van der Waals surface area contributed by atoms with Crippen molar-refractivity contribution in [2.45, 2.75) is 0 Å². The molecule has 14 heavy (non-hydrogen) atoms. The lowest BCUT2D eigenvalue weighted by molar-refractivity contribution is 0.551. The van der Waals surface area contributed by atoms with Gasteiger partial charge in [0.25, 0.3) is 0 Å². The molecular weight excluding hydrogens is 190 g/mol. The molecule has 0 aromatic carbocycles. The maximum atomic E-state index is 11.2. The summed E-state index contributed by atoms with van der Waals surface area (Å²) >= 11 is 0. The van der Waals surface area contributed by atoms with E-state index in [1.54, 1.807) is 0 Å². The quantitative estimate of drug-likeness (QED) is 0.458. The summed E-state index contributed by atoms with van der Waals surface area (Å²) in [6, 6.07) is 0. The molecule has 0 radical (unpaired) electrons. The third-order valence-corrected chi connectivity index (χ3v) is 1.78. The van der Waals surface area contributed by atoms with Crippen LogP contribution in [0.25, 0.3) is 0 Å². The van der Waals surface area contributed by atoms with Crippen LogP contribution in [0.1, 0.15) is 0 Å². The van der Waals surface area contributed by atoms with Gasteiger partial charge >= 0.3 is 32.3 Å². The molecule has 1 aromatic rings. The van der Waals surface area contributed by atoms with Gasteiger partial charge in [0.05, 0.1) is 0 Å². The van der Waals surface area contributed by atoms with E-state index in [0.717, 1.165) is 7.98 Å². The van der Waals surface area contributed by atoms with E-state index >= 15 is 0 Å². The molecular formula is C3H6B3N3O5. The Labute approximate surface area is 79.1 Å². The Kier molecular flexibility index (Phi) is 2.82. The molecule has 0 fully saturated rings. The number of nitrogens with zero attached hydrogens (tertiary/aromatic N) is 3. The van der Waals surface area contributed by atoms with Crippen LogP contribution in [0.2, 0.25) is 0 Å². The highest BCUT2D eigenvalue weighted by atomic mass is 16.2. The van der Waals surface area contributed by atoms with Crippen molar-refractivity contribution in [3.05, 3.63) is 31.5 Å². The third kappa shape index (κ3) is 1.36. The summed E-state index contributed by atoms with van der Waals surface area (Å²) in [5.41, 5.74) is -2.89. The van der Waals surface area contributed by atoms with Crippen molar-refractivity contribution in [2.75, 3.05) is 0 Å². The van der Waals surface area contributed by atoms with Crippen molar-refractivity contribution in [1.29, 1.82) is 0 Å². The molecule has 0 atom stereocenters. The minimum absolute atomic E-state index is 0.428. The van der Waals surface area contributed by atoms with E-state index in [-0.39, 0.29) is 0 Å². The fraction of sp³-hybridized carbons (Fsp3) is 0. The van der Waals surface area contributed by atoms with Crippen LogP contribution in [-0.4, -0.2) is 46.7 Å². The van der Waals surface area contributed by atoms with E-state index < -0.39 is 32.3 Å². The van der Waals surface area contributed by atoms with Crippen molar-refractivity contribution in [3.8, 4) is 0 Å². The second kappa shape index (κ2) is 3.72. The van der Waals surface area contributed by atoms with Gasteiger partial charge in [-0.05, 0) is 0 Å². The monoisotopic (exact) mass is 197 g/mol. The van der Waals surface area contributed by atoms with Crippen LogP contribution < -0.4 is 17.1 Å². The molecule has 2 N–H and O–H groups in total. The SMILES string of the molecule is Bn1c(=O)n(BO)c(=O)n(BO)c1=O. The zero-order valence-corrected chi connectivity index (χ0v) is 7.38. The molecule has 0 saturated heterocycles. The number of hydrogen-bond donors (Lipinski definition) is 2. The van der Waals surface area contributed by atoms with Crippen LogP contribution in [0.4, 0.5) is 0 Å². The molecule has 0 aliphatic heterocycles. The van der Waals surface area contributed by atoms with E-state index in [2.05, 4.69) is 0 Å². The highest BCUT2D eigenvalue weighted by molar-refractivity contribution is 6.25. The molecule has 1 aromatic heterocycles. The summed E-state index contributed by atoms with van der Waals surface area (Å²) in [5, 5.41) is 17.4. The first kappa shape index (κ1) is 10.6. The number of rotatable bonds is 2. The zero-order valence-electron chi connectivity index (χ0n) is 7.38. The van der Waals surface area contributed by atoms with E-state index in [4.69, 9.17) is 10.0 Å². The van der Waals surface area contributed by atoms with Crippen LogP contribution in [0.15, 0.2) is 14.4 Å². The molecule has 0 bridgehead atoms. The second-order valence-corrected chi connectivity index (χ2v) is 2.55. The van der Waals surface area contributed by atoms with E-state index in [0.29, 0.717) is 13.4 Å². The van der Waals surface area contributed by atoms with Crippen LogP contribution in [0.3, 0.4) is 0 Å². The maximum absolute atomic E-state index is 11.2. The predicted octanol–water partition coefficient (Wildman–Crippen LogP) is -6.22. The van der Waals surface area contributed by atoms with E-state index in [1.807, 2.05) is 0 Å². The first-order valence-electron chi connectivity index (χ1n) is 3.67. The van der Waals surface area contributed by atoms with Crippen molar-refractivity contribution < 1.29 is 10.0 Å². The summed E-state index contributed by atoms with van der Waals surface area (Å²) in [6.07, 6.45) is 0. The van der Waals surface area contributed by atoms with Gasteiger partial charge in [0.1, 0.15) is 0 Å². The highest BCUT2D eigenvalue weighted by Gasteiger charge is 2.11. The predicted molar refractivity (Wildman–Crippen MR) is 52.7 cm³/mol. The Balaban J connectivity index is 3.84. The van der Waals surface area contributed by atoms with Gasteiger partial charge in [-0.25, -0.2) is 14.4 Å². The van der Waals surface area contributed by atoms with Gasteiger partial charge < -0.3 is 14.5 Å². The van der Waals surface area contributed by atoms with Crippen LogP contribution >= 0.6 is 0 Å². The average molecular weight is 197 g/mol. The van der Waals surface area contributed by atoms with E-state index in [9.17, 15) is 14.4 Å². The molecule has 0 saturated carbocycles. The minimum Gasteiger partial charge on any atom is -0.435 e. The fourth-order valence-electron chi connectivity index (χ4n) is 0.995. The lowest BCUT2D eigenvalue weighted by atomic mass is 10.2. The molecule has 8 nitrogen and oxygen atoms in total. The Bertz CT molecular complexity index is 471. The van der Waals surface area contributed by atoms with Gasteiger partial charge in [0, 0.05) is 0 Å². The van der Waals surface area contributed by atoms with Gasteiger partial charge in [0.15, 0.2) is 0 Å². The smallest absolute Gasteiger partial charge is 0.407 e. The molecule has 11 heteroatoms. The van der Waals surface area contributed by atoms with Crippen molar-refractivity contribution in [3.63, 3.8) is 0 Å². The van der Waals surface area contributed by atoms with E-state index in [1.165, 1.54) is 0 Å². The van der Waals surface area contributed by atoms with Crippen molar-refractivity contribution >= 4 is 23.2 Å². The number of hydrogen-bond acceptors (Lipinski definition) is 5. The Morgan fingerprint density at radius 1 is 0.929 bits per heavy atom. The fourth-order valence-corrected chi connectivity index (χ4v) is 0.995. The molecule has 1 heterocycles. The van der Waals surface area contributed by atoms with Gasteiger partial charge in [-0.3, -0.25) is 8.96 Å². The van der Waals surface area contributed by atoms with Gasteiger partial charge in [-0.1, -0.05) is 0 Å². The first-order chi connectivity index (χ1) is 6.54. The summed E-state index contributed by atoms with van der Waals surface area (Å²) in [4.78, 5) is 33.6. The normalized spacial score (nSPS) is 9.86. The standard InChI is InChI=1S/C3H6B3N3O5/c4-7-1(10)8(5-13)3(12)9(6-14)2(7)11/h5-6,13-14H,4H2. The largest absolute Gasteiger partial charge is 0.435 e. The summed E-state index contributed by atoms with van der Waals surface area (Å²) in [5.74, 6) is 0. The summed E-state index contributed by atoms with van der Waals surface area (Å²) in [7, 11) is -0.542. The Morgan fingerprint density at radius 2 is 1.29 bits per heavy atom. The van der Waals surface area contributed by atoms with Crippen LogP contribution in [0, 0.1) is 0 Å². The topological polar surface area (TPSA) is 106 Å². The number of aromatic nitrogens is 3. The molecule has 72 valence electrons. The highest BCUT2D eigenvalue weighted by Crippen LogP contribution is 1.61. The molecule has 0 aliphatic carbocycles. The lowest BCUT2D eigenvalue weighted by Crippen LogP contribution is -2.56. The van der Waals surface area contributed by atoms with Gasteiger partial charge in [-0.2, -0.15) is 0 Å². The molecule has 0 amide bonds. The second-order valence-electron chi connectivity index (χ2n) is 2.55. The van der Waals surface area contributed by atoms with Gasteiger partial charge in [0.2, 0.25) is 7.98 Å². The lowest BCUT2D eigenvalue weighted by Gasteiger charge is -2.06. The molecule has 1 rings (SSSR count). The van der Waals surface area contributed by atoms with Crippen molar-refractivity contribution in [1.82, 2.24) is 13.4 Å². The summed E-state index contributed by atoms with van der Waals surface area (Å²) in [6.45, 7) is 0. The van der Waals surface area contributed by atoms with Crippen LogP contribution in [-0.2, 0) is 0 Å². The molecule has 0 spiro atoms. The Morgan fingerprint density at radius 3 is 1.57 bits per heavy atom. The zero-order chi connectivity index (χ0) is 10.9.